The van der Waals surface area contributed by atoms with Crippen LogP contribution in [0.1, 0.15) is 64.4 Å². The number of carbonyl (C=O) groups is 2. The van der Waals surface area contributed by atoms with E-state index in [0.29, 0.717) is 25.9 Å². The van der Waals surface area contributed by atoms with E-state index in [0.717, 1.165) is 49.9 Å². The van der Waals surface area contributed by atoms with E-state index in [9.17, 15) is 19.2 Å². The molecule has 9 heteroatoms. The van der Waals surface area contributed by atoms with Crippen molar-refractivity contribution < 1.29 is 9.59 Å². The second-order valence-corrected chi connectivity index (χ2v) is 8.77. The van der Waals surface area contributed by atoms with E-state index in [1.807, 2.05) is 31.2 Å². The fourth-order valence-corrected chi connectivity index (χ4v) is 4.17. The predicted octanol–water partition coefficient (Wildman–Crippen LogP) is 3.28. The topological polar surface area (TPSA) is 121 Å². The van der Waals surface area contributed by atoms with Crippen LogP contribution in [0.4, 0.5) is 17.2 Å². The van der Waals surface area contributed by atoms with Gasteiger partial charge in [-0.05, 0) is 43.0 Å². The smallest absolute Gasteiger partial charge is 0.330 e. The third kappa shape index (κ3) is 6.29. The van der Waals surface area contributed by atoms with Gasteiger partial charge in [-0.1, -0.05) is 45.2 Å². The van der Waals surface area contributed by atoms with Gasteiger partial charge in [0.05, 0.1) is 0 Å². The lowest BCUT2D eigenvalue weighted by molar-refractivity contribution is -0.117. The Morgan fingerprint density at radius 3 is 2.43 bits per heavy atom. The average Bonchev–Trinajstić information content (AvgIpc) is 3.27. The number of aromatic nitrogens is 2. The van der Waals surface area contributed by atoms with Gasteiger partial charge in [0, 0.05) is 37.8 Å². The number of amides is 2. The minimum atomic E-state index is -0.668. The van der Waals surface area contributed by atoms with Gasteiger partial charge in [-0.25, -0.2) is 4.79 Å². The standard InChI is InChI=1S/C26H35N5O4/c1-3-5-7-17-30(23-24(27)31(16-6-4-2)26(35)28-25(23)34)22(33)15-12-19-10-13-20(14-11-19)29-18-8-9-21(29)32/h10-15H,3-9,16-18,27H2,1-2H3,(H,28,34,35)/b15-12+. The third-order valence-corrected chi connectivity index (χ3v) is 6.17. The first-order chi connectivity index (χ1) is 16.9. The molecule has 2 heterocycles. The number of benzene rings is 1. The molecule has 2 aromatic rings. The van der Waals surface area contributed by atoms with Gasteiger partial charge in [0.25, 0.3) is 11.5 Å². The van der Waals surface area contributed by atoms with Gasteiger partial charge in [-0.15, -0.1) is 0 Å². The number of nitrogens with two attached hydrogens (primary N) is 1. The van der Waals surface area contributed by atoms with Gasteiger partial charge in [0.2, 0.25) is 5.91 Å². The summed E-state index contributed by atoms with van der Waals surface area (Å²) in [5, 5.41) is 0. The Bertz CT molecular complexity index is 1180. The van der Waals surface area contributed by atoms with Crippen LogP contribution in [0.2, 0.25) is 0 Å². The Hall–Kier alpha value is -3.62. The first-order valence-corrected chi connectivity index (χ1v) is 12.4. The second-order valence-electron chi connectivity index (χ2n) is 8.77. The first kappa shape index (κ1) is 26.0. The minimum Gasteiger partial charge on any atom is -0.383 e. The van der Waals surface area contributed by atoms with Crippen molar-refractivity contribution in [2.75, 3.05) is 28.6 Å². The van der Waals surface area contributed by atoms with Crippen molar-refractivity contribution in [2.24, 2.45) is 0 Å². The van der Waals surface area contributed by atoms with Gasteiger partial charge in [0.1, 0.15) is 5.82 Å². The zero-order chi connectivity index (χ0) is 25.4. The molecule has 0 unspecified atom stereocenters. The number of rotatable bonds is 11. The predicted molar refractivity (Wildman–Crippen MR) is 140 cm³/mol. The highest BCUT2D eigenvalue weighted by molar-refractivity contribution is 6.05. The van der Waals surface area contributed by atoms with E-state index >= 15 is 0 Å². The molecule has 1 saturated heterocycles. The Labute approximate surface area is 205 Å². The van der Waals surface area contributed by atoms with E-state index in [1.165, 1.54) is 15.5 Å². The van der Waals surface area contributed by atoms with E-state index in [2.05, 4.69) is 11.9 Å². The Kier molecular flexibility index (Phi) is 9.05. The minimum absolute atomic E-state index is 0.00471. The van der Waals surface area contributed by atoms with E-state index < -0.39 is 17.2 Å². The molecule has 1 aromatic carbocycles. The van der Waals surface area contributed by atoms with Gasteiger partial charge < -0.3 is 15.5 Å². The number of H-pyrrole nitrogens is 1. The van der Waals surface area contributed by atoms with Crippen molar-refractivity contribution in [1.29, 1.82) is 0 Å². The monoisotopic (exact) mass is 481 g/mol. The van der Waals surface area contributed by atoms with Crippen molar-refractivity contribution in [3.05, 3.63) is 56.7 Å². The molecule has 3 N–H and O–H groups in total. The zero-order valence-electron chi connectivity index (χ0n) is 20.6. The van der Waals surface area contributed by atoms with Crippen LogP contribution in [0.5, 0.6) is 0 Å². The molecule has 3 rings (SSSR count). The van der Waals surface area contributed by atoms with Crippen LogP contribution in [0.3, 0.4) is 0 Å². The maximum absolute atomic E-state index is 13.2. The molecule has 1 aromatic heterocycles. The lowest BCUT2D eigenvalue weighted by Gasteiger charge is -2.23. The summed E-state index contributed by atoms with van der Waals surface area (Å²) in [6.07, 6.45) is 8.61. The van der Waals surface area contributed by atoms with Crippen molar-refractivity contribution in [3.8, 4) is 0 Å². The molecule has 0 saturated carbocycles. The van der Waals surface area contributed by atoms with Gasteiger partial charge in [0.15, 0.2) is 5.69 Å². The molecule has 35 heavy (non-hydrogen) atoms. The summed E-state index contributed by atoms with van der Waals surface area (Å²) in [6, 6.07) is 7.41. The highest BCUT2D eigenvalue weighted by Gasteiger charge is 2.23. The van der Waals surface area contributed by atoms with Crippen LogP contribution in [0.25, 0.3) is 6.08 Å². The molecule has 0 spiro atoms. The quantitative estimate of drug-likeness (QED) is 0.377. The summed E-state index contributed by atoms with van der Waals surface area (Å²) in [4.78, 5) is 55.7. The molecule has 0 bridgehead atoms. The summed E-state index contributed by atoms with van der Waals surface area (Å²) in [6.45, 7) is 5.44. The lowest BCUT2D eigenvalue weighted by Crippen LogP contribution is -2.41. The van der Waals surface area contributed by atoms with Crippen molar-refractivity contribution in [1.82, 2.24) is 9.55 Å². The zero-order valence-corrected chi connectivity index (χ0v) is 20.6. The van der Waals surface area contributed by atoms with Crippen LogP contribution >= 0.6 is 0 Å². The Balaban J connectivity index is 1.87. The molecule has 1 fully saturated rings. The fraction of sp³-hybridized carbons (Fsp3) is 0.462. The summed E-state index contributed by atoms with van der Waals surface area (Å²) in [5.41, 5.74) is 6.65. The maximum Gasteiger partial charge on any atom is 0.330 e. The maximum atomic E-state index is 13.2. The number of hydrogen-bond acceptors (Lipinski definition) is 5. The molecule has 1 aliphatic rings. The molecule has 2 amide bonds. The Morgan fingerprint density at radius 1 is 1.09 bits per heavy atom. The van der Waals surface area contributed by atoms with Crippen LogP contribution in [-0.4, -0.2) is 34.5 Å². The molecular weight excluding hydrogens is 446 g/mol. The third-order valence-electron chi connectivity index (χ3n) is 6.17. The molecule has 188 valence electrons. The van der Waals surface area contributed by atoms with Crippen molar-refractivity contribution in [2.45, 2.75) is 65.3 Å². The number of carbonyl (C=O) groups excluding carboxylic acids is 2. The van der Waals surface area contributed by atoms with Crippen LogP contribution in [0, 0.1) is 0 Å². The summed E-state index contributed by atoms with van der Waals surface area (Å²) >= 11 is 0. The summed E-state index contributed by atoms with van der Waals surface area (Å²) < 4.78 is 1.32. The number of anilines is 3. The van der Waals surface area contributed by atoms with Crippen LogP contribution in [0.15, 0.2) is 39.9 Å². The fourth-order valence-electron chi connectivity index (χ4n) is 4.17. The molecule has 0 atom stereocenters. The largest absolute Gasteiger partial charge is 0.383 e. The van der Waals surface area contributed by atoms with Crippen LogP contribution < -0.4 is 26.8 Å². The first-order valence-electron chi connectivity index (χ1n) is 12.4. The van der Waals surface area contributed by atoms with E-state index in [1.54, 1.807) is 11.0 Å². The molecule has 0 radical (unpaired) electrons. The normalized spacial score (nSPS) is 13.7. The van der Waals surface area contributed by atoms with E-state index in [-0.39, 0.29) is 17.4 Å². The SMILES string of the molecule is CCCCCN(C(=O)/C=C/c1ccc(N2CCCC2=O)cc1)c1c(N)n(CCCC)c(=O)[nH]c1=O. The molecule has 9 nitrogen and oxygen atoms in total. The number of nitrogens with one attached hydrogen (secondary N) is 1. The highest BCUT2D eigenvalue weighted by Crippen LogP contribution is 2.23. The number of hydrogen-bond donors (Lipinski definition) is 2. The lowest BCUT2D eigenvalue weighted by atomic mass is 10.1. The van der Waals surface area contributed by atoms with Gasteiger partial charge >= 0.3 is 5.69 Å². The molecule has 1 aliphatic heterocycles. The van der Waals surface area contributed by atoms with E-state index in [4.69, 9.17) is 5.73 Å². The summed E-state index contributed by atoms with van der Waals surface area (Å²) in [5.74, 6) is -0.267. The summed E-state index contributed by atoms with van der Waals surface area (Å²) in [7, 11) is 0. The van der Waals surface area contributed by atoms with Gasteiger partial charge in [-0.3, -0.25) is 23.9 Å². The number of nitrogens with zero attached hydrogens (tertiary/aromatic N) is 3. The number of nitrogen functional groups attached to an aromatic ring is 1. The van der Waals surface area contributed by atoms with Crippen molar-refractivity contribution >= 4 is 35.1 Å². The highest BCUT2D eigenvalue weighted by atomic mass is 16.2. The van der Waals surface area contributed by atoms with Crippen molar-refractivity contribution in [3.63, 3.8) is 0 Å². The number of aromatic amines is 1. The molecule has 0 aliphatic carbocycles. The van der Waals surface area contributed by atoms with Crippen LogP contribution in [-0.2, 0) is 16.1 Å². The second kappa shape index (κ2) is 12.2. The van der Waals surface area contributed by atoms with Gasteiger partial charge in [-0.2, -0.15) is 0 Å². The Morgan fingerprint density at radius 2 is 1.80 bits per heavy atom. The number of unbranched alkanes of at least 4 members (excludes halogenated alkanes) is 3. The average molecular weight is 482 g/mol. The molecular formula is C26H35N5O4.